The predicted molar refractivity (Wildman–Crippen MR) is 65.0 cm³/mol. The Kier molecular flexibility index (Phi) is 4.30. The highest BCUT2D eigenvalue weighted by molar-refractivity contribution is 9.09. The maximum atomic E-state index is 3.59. The molecule has 0 aromatic carbocycles. The average molecular weight is 260 g/mol. The Morgan fingerprint density at radius 2 is 1.71 bits per heavy atom. The molecular weight excluding hydrogens is 238 g/mol. The van der Waals surface area contributed by atoms with Crippen molar-refractivity contribution < 1.29 is 0 Å². The van der Waals surface area contributed by atoms with Crippen LogP contribution in [-0.4, -0.2) is 29.4 Å². The Hall–Kier alpha value is 0.440. The zero-order chi connectivity index (χ0) is 9.80. The van der Waals surface area contributed by atoms with E-state index in [1.807, 2.05) is 0 Å². The van der Waals surface area contributed by atoms with Crippen molar-refractivity contribution in [3.8, 4) is 0 Å². The van der Waals surface area contributed by atoms with Gasteiger partial charge in [0.05, 0.1) is 0 Å². The summed E-state index contributed by atoms with van der Waals surface area (Å²) >= 11 is 3.59. The van der Waals surface area contributed by atoms with Crippen molar-refractivity contribution in [3.63, 3.8) is 0 Å². The van der Waals surface area contributed by atoms with E-state index in [2.05, 4.69) is 20.8 Å². The summed E-state index contributed by atoms with van der Waals surface area (Å²) < 4.78 is 0. The summed E-state index contributed by atoms with van der Waals surface area (Å²) in [4.78, 5) is 2.76. The Bertz CT molecular complexity index is 162. The van der Waals surface area contributed by atoms with Gasteiger partial charge in [0.15, 0.2) is 0 Å². The van der Waals surface area contributed by atoms with Crippen molar-refractivity contribution in [2.45, 2.75) is 51.0 Å². The second-order valence-corrected chi connectivity index (χ2v) is 5.71. The molecule has 2 aliphatic carbocycles. The molecule has 0 aromatic heterocycles. The first-order valence-electron chi connectivity index (χ1n) is 6.20. The summed E-state index contributed by atoms with van der Waals surface area (Å²) in [5.41, 5.74) is 0. The van der Waals surface area contributed by atoms with E-state index in [0.717, 1.165) is 17.3 Å². The van der Waals surface area contributed by atoms with Crippen molar-refractivity contribution in [1.29, 1.82) is 0 Å². The maximum absolute atomic E-state index is 3.59. The summed E-state index contributed by atoms with van der Waals surface area (Å²) in [6.45, 7) is 2.65. The molecule has 1 nitrogen and oxygen atoms in total. The number of hydrogen-bond donors (Lipinski definition) is 0. The Morgan fingerprint density at radius 3 is 2.29 bits per heavy atom. The molecule has 2 heteroatoms. The van der Waals surface area contributed by atoms with Gasteiger partial charge in [-0.05, 0) is 31.6 Å². The molecule has 2 aliphatic rings. The molecule has 0 unspecified atom stereocenters. The molecule has 0 radical (unpaired) electrons. The molecule has 14 heavy (non-hydrogen) atoms. The number of alkyl halides is 1. The van der Waals surface area contributed by atoms with Crippen molar-refractivity contribution in [1.82, 2.24) is 4.90 Å². The molecule has 2 fully saturated rings. The van der Waals surface area contributed by atoms with Gasteiger partial charge in [-0.3, -0.25) is 4.90 Å². The number of nitrogens with zero attached hydrogens (tertiary/aromatic N) is 1. The Balaban J connectivity index is 1.79. The Labute approximate surface area is 96.4 Å². The van der Waals surface area contributed by atoms with Crippen LogP contribution in [0.3, 0.4) is 0 Å². The highest BCUT2D eigenvalue weighted by Crippen LogP contribution is 2.32. The third-order valence-corrected chi connectivity index (χ3v) is 4.01. The average Bonchev–Trinajstić information content (AvgIpc) is 3.03. The second kappa shape index (κ2) is 5.50. The fourth-order valence-electron chi connectivity index (χ4n) is 2.61. The summed E-state index contributed by atoms with van der Waals surface area (Å²) in [7, 11) is 0. The molecular formula is C12H22BrN. The lowest BCUT2D eigenvalue weighted by atomic mass is 9.94. The molecule has 0 atom stereocenters. The van der Waals surface area contributed by atoms with E-state index in [1.54, 1.807) is 0 Å². The zero-order valence-corrected chi connectivity index (χ0v) is 10.6. The zero-order valence-electron chi connectivity index (χ0n) is 9.05. The molecule has 82 valence electrons. The highest BCUT2D eigenvalue weighted by Gasteiger charge is 2.28. The van der Waals surface area contributed by atoms with E-state index >= 15 is 0 Å². The topological polar surface area (TPSA) is 3.24 Å². The van der Waals surface area contributed by atoms with Crippen LogP contribution in [0, 0.1) is 5.92 Å². The lowest BCUT2D eigenvalue weighted by Gasteiger charge is -2.34. The first-order chi connectivity index (χ1) is 6.90. The van der Waals surface area contributed by atoms with Crippen LogP contribution in [0.2, 0.25) is 0 Å². The van der Waals surface area contributed by atoms with Gasteiger partial charge < -0.3 is 0 Å². The monoisotopic (exact) mass is 259 g/mol. The van der Waals surface area contributed by atoms with Crippen LogP contribution in [-0.2, 0) is 0 Å². The summed E-state index contributed by atoms with van der Waals surface area (Å²) in [6, 6.07) is 0.918. The molecule has 0 saturated heterocycles. The largest absolute Gasteiger partial charge is 0.299 e. The molecule has 0 spiro atoms. The minimum absolute atomic E-state index is 0.918. The SMILES string of the molecule is BrCCN(CC1CC1)C1CCCCC1. The van der Waals surface area contributed by atoms with Gasteiger partial charge in [-0.2, -0.15) is 0 Å². The standard InChI is InChI=1S/C12H22BrN/c13-8-9-14(10-11-6-7-11)12-4-2-1-3-5-12/h11-12H,1-10H2. The summed E-state index contributed by atoms with van der Waals surface area (Å²) in [5, 5.41) is 1.15. The number of rotatable bonds is 5. The van der Waals surface area contributed by atoms with Gasteiger partial charge in [0.25, 0.3) is 0 Å². The van der Waals surface area contributed by atoms with E-state index < -0.39 is 0 Å². The first kappa shape index (κ1) is 10.9. The molecule has 0 aromatic rings. The van der Waals surface area contributed by atoms with E-state index in [1.165, 1.54) is 58.0 Å². The van der Waals surface area contributed by atoms with Gasteiger partial charge >= 0.3 is 0 Å². The highest BCUT2D eigenvalue weighted by atomic mass is 79.9. The summed E-state index contributed by atoms with van der Waals surface area (Å²) in [5.74, 6) is 1.05. The van der Waals surface area contributed by atoms with Gasteiger partial charge in [-0.15, -0.1) is 0 Å². The smallest absolute Gasteiger partial charge is 0.0159 e. The minimum atomic E-state index is 0.918. The Morgan fingerprint density at radius 1 is 1.00 bits per heavy atom. The van der Waals surface area contributed by atoms with Crippen molar-refractivity contribution >= 4 is 15.9 Å². The van der Waals surface area contributed by atoms with E-state index in [-0.39, 0.29) is 0 Å². The quantitative estimate of drug-likeness (QED) is 0.684. The van der Waals surface area contributed by atoms with E-state index in [0.29, 0.717) is 0 Å². The molecule has 0 amide bonds. The van der Waals surface area contributed by atoms with Crippen LogP contribution in [0.25, 0.3) is 0 Å². The number of hydrogen-bond acceptors (Lipinski definition) is 1. The molecule has 0 bridgehead atoms. The molecule has 2 saturated carbocycles. The third-order valence-electron chi connectivity index (χ3n) is 3.65. The molecule has 0 heterocycles. The van der Waals surface area contributed by atoms with Crippen LogP contribution in [0.15, 0.2) is 0 Å². The van der Waals surface area contributed by atoms with Crippen molar-refractivity contribution in [2.75, 3.05) is 18.4 Å². The van der Waals surface area contributed by atoms with Gasteiger partial charge in [0.1, 0.15) is 0 Å². The van der Waals surface area contributed by atoms with Crippen molar-refractivity contribution in [3.05, 3.63) is 0 Å². The minimum Gasteiger partial charge on any atom is -0.299 e. The van der Waals surface area contributed by atoms with E-state index in [9.17, 15) is 0 Å². The fourth-order valence-corrected chi connectivity index (χ4v) is 3.07. The van der Waals surface area contributed by atoms with Crippen LogP contribution in [0.5, 0.6) is 0 Å². The van der Waals surface area contributed by atoms with Gasteiger partial charge in [-0.25, -0.2) is 0 Å². The second-order valence-electron chi connectivity index (χ2n) is 4.92. The lowest BCUT2D eigenvalue weighted by molar-refractivity contribution is 0.159. The van der Waals surface area contributed by atoms with Crippen LogP contribution < -0.4 is 0 Å². The van der Waals surface area contributed by atoms with Crippen LogP contribution >= 0.6 is 15.9 Å². The third kappa shape index (κ3) is 3.23. The van der Waals surface area contributed by atoms with Crippen LogP contribution in [0.4, 0.5) is 0 Å². The fraction of sp³-hybridized carbons (Fsp3) is 1.00. The normalized spacial score (nSPS) is 24.4. The number of halogens is 1. The summed E-state index contributed by atoms with van der Waals surface area (Å²) in [6.07, 6.45) is 10.3. The van der Waals surface area contributed by atoms with Crippen LogP contribution in [0.1, 0.15) is 44.9 Å². The lowest BCUT2D eigenvalue weighted by Crippen LogP contribution is -2.39. The van der Waals surface area contributed by atoms with Crippen molar-refractivity contribution in [2.24, 2.45) is 5.92 Å². The molecule has 0 N–H and O–H groups in total. The van der Waals surface area contributed by atoms with E-state index in [4.69, 9.17) is 0 Å². The van der Waals surface area contributed by atoms with Gasteiger partial charge in [0.2, 0.25) is 0 Å². The van der Waals surface area contributed by atoms with Gasteiger partial charge in [0, 0.05) is 24.5 Å². The van der Waals surface area contributed by atoms with Gasteiger partial charge in [-0.1, -0.05) is 35.2 Å². The molecule has 2 rings (SSSR count). The first-order valence-corrected chi connectivity index (χ1v) is 7.32. The predicted octanol–water partition coefficient (Wildman–Crippen LogP) is 3.43. The maximum Gasteiger partial charge on any atom is 0.0159 e. The molecule has 0 aliphatic heterocycles.